The standard InChI is InChI=1S/C20H12F3NO2/c21-20(22,23)13-5-3-6-14(10-13)24-11-17-19(25)18-15-7-2-1-4-12(15)8-9-16(18)26-17/h1-11,25H. The third-order valence-electron chi connectivity index (χ3n) is 4.09. The second-order valence-corrected chi connectivity index (χ2v) is 5.78. The second kappa shape index (κ2) is 5.91. The van der Waals surface area contributed by atoms with Crippen molar-refractivity contribution in [3.63, 3.8) is 0 Å². The molecule has 0 bridgehead atoms. The van der Waals surface area contributed by atoms with Gasteiger partial charge in [-0.15, -0.1) is 0 Å². The van der Waals surface area contributed by atoms with E-state index < -0.39 is 11.7 Å². The summed E-state index contributed by atoms with van der Waals surface area (Å²) >= 11 is 0. The number of aliphatic imine (C=N–C) groups is 1. The molecule has 3 aromatic carbocycles. The molecule has 0 atom stereocenters. The number of benzene rings is 3. The molecule has 0 aliphatic heterocycles. The predicted molar refractivity (Wildman–Crippen MR) is 94.1 cm³/mol. The number of furan rings is 1. The Labute approximate surface area is 146 Å². The van der Waals surface area contributed by atoms with Crippen molar-refractivity contribution in [2.75, 3.05) is 0 Å². The fraction of sp³-hybridized carbons (Fsp3) is 0.0500. The summed E-state index contributed by atoms with van der Waals surface area (Å²) in [6.45, 7) is 0. The van der Waals surface area contributed by atoms with Gasteiger partial charge in [0.1, 0.15) is 5.58 Å². The lowest BCUT2D eigenvalue weighted by Crippen LogP contribution is -2.03. The van der Waals surface area contributed by atoms with Gasteiger partial charge in [-0.3, -0.25) is 4.99 Å². The highest BCUT2D eigenvalue weighted by Crippen LogP contribution is 2.37. The molecule has 0 amide bonds. The van der Waals surface area contributed by atoms with Gasteiger partial charge in [0.25, 0.3) is 0 Å². The minimum Gasteiger partial charge on any atom is -0.504 e. The molecule has 1 aromatic heterocycles. The van der Waals surface area contributed by atoms with Crippen molar-refractivity contribution in [2.24, 2.45) is 4.99 Å². The van der Waals surface area contributed by atoms with Gasteiger partial charge in [0, 0.05) is 0 Å². The lowest BCUT2D eigenvalue weighted by molar-refractivity contribution is -0.137. The molecule has 0 fully saturated rings. The molecule has 6 heteroatoms. The first-order valence-electron chi connectivity index (χ1n) is 7.78. The smallest absolute Gasteiger partial charge is 0.416 e. The zero-order valence-electron chi connectivity index (χ0n) is 13.3. The minimum atomic E-state index is -4.44. The molecule has 3 nitrogen and oxygen atoms in total. The van der Waals surface area contributed by atoms with E-state index in [0.717, 1.165) is 22.9 Å². The van der Waals surface area contributed by atoms with Crippen LogP contribution in [0.3, 0.4) is 0 Å². The van der Waals surface area contributed by atoms with Crippen LogP contribution in [0.1, 0.15) is 11.3 Å². The highest BCUT2D eigenvalue weighted by Gasteiger charge is 2.30. The molecule has 26 heavy (non-hydrogen) atoms. The molecular formula is C20H12F3NO2. The van der Waals surface area contributed by atoms with E-state index in [-0.39, 0.29) is 17.2 Å². The zero-order valence-corrected chi connectivity index (χ0v) is 13.3. The highest BCUT2D eigenvalue weighted by molar-refractivity contribution is 6.11. The number of hydrogen-bond acceptors (Lipinski definition) is 3. The lowest BCUT2D eigenvalue weighted by atomic mass is 10.1. The van der Waals surface area contributed by atoms with E-state index in [9.17, 15) is 18.3 Å². The Kier molecular flexibility index (Phi) is 3.68. The molecule has 0 spiro atoms. The summed E-state index contributed by atoms with van der Waals surface area (Å²) in [5, 5.41) is 12.8. The highest BCUT2D eigenvalue weighted by atomic mass is 19.4. The van der Waals surface area contributed by atoms with Gasteiger partial charge in [0.15, 0.2) is 11.5 Å². The van der Waals surface area contributed by atoms with Gasteiger partial charge >= 0.3 is 6.18 Å². The quantitative estimate of drug-likeness (QED) is 0.444. The van der Waals surface area contributed by atoms with Crippen LogP contribution in [0.2, 0.25) is 0 Å². The van der Waals surface area contributed by atoms with Crippen molar-refractivity contribution in [1.29, 1.82) is 0 Å². The third kappa shape index (κ3) is 2.79. The average molecular weight is 355 g/mol. The van der Waals surface area contributed by atoms with Gasteiger partial charge < -0.3 is 9.52 Å². The summed E-state index contributed by atoms with van der Waals surface area (Å²) in [6.07, 6.45) is -3.22. The van der Waals surface area contributed by atoms with E-state index in [4.69, 9.17) is 4.42 Å². The van der Waals surface area contributed by atoms with Crippen LogP contribution in [0.25, 0.3) is 21.7 Å². The molecule has 0 saturated carbocycles. The first-order valence-corrected chi connectivity index (χ1v) is 7.78. The van der Waals surface area contributed by atoms with Gasteiger partial charge in [-0.2, -0.15) is 13.2 Å². The monoisotopic (exact) mass is 355 g/mol. The van der Waals surface area contributed by atoms with Gasteiger partial charge in [-0.25, -0.2) is 0 Å². The number of nitrogens with zero attached hydrogens (tertiary/aromatic N) is 1. The maximum absolute atomic E-state index is 12.8. The van der Waals surface area contributed by atoms with E-state index in [1.165, 1.54) is 18.3 Å². The fourth-order valence-corrected chi connectivity index (χ4v) is 2.85. The first-order chi connectivity index (χ1) is 12.4. The van der Waals surface area contributed by atoms with Gasteiger partial charge in [-0.05, 0) is 35.0 Å². The van der Waals surface area contributed by atoms with Crippen LogP contribution in [0, 0.1) is 0 Å². The fourth-order valence-electron chi connectivity index (χ4n) is 2.85. The number of halogens is 3. The molecule has 0 aliphatic carbocycles. The summed E-state index contributed by atoms with van der Waals surface area (Å²) < 4.78 is 43.9. The van der Waals surface area contributed by atoms with Crippen LogP contribution < -0.4 is 0 Å². The topological polar surface area (TPSA) is 45.7 Å². The van der Waals surface area contributed by atoms with Crippen molar-refractivity contribution in [2.45, 2.75) is 6.18 Å². The van der Waals surface area contributed by atoms with Crippen molar-refractivity contribution in [3.05, 3.63) is 72.0 Å². The maximum Gasteiger partial charge on any atom is 0.416 e. The molecule has 0 saturated heterocycles. The van der Waals surface area contributed by atoms with Crippen LogP contribution >= 0.6 is 0 Å². The number of alkyl halides is 3. The van der Waals surface area contributed by atoms with Crippen LogP contribution in [-0.2, 0) is 6.18 Å². The van der Waals surface area contributed by atoms with E-state index in [1.807, 2.05) is 30.3 Å². The molecule has 4 rings (SSSR count). The summed E-state index contributed by atoms with van der Waals surface area (Å²) in [7, 11) is 0. The molecular weight excluding hydrogens is 343 g/mol. The number of aromatic hydroxyl groups is 1. The molecule has 130 valence electrons. The van der Waals surface area contributed by atoms with E-state index in [2.05, 4.69) is 4.99 Å². The van der Waals surface area contributed by atoms with Crippen molar-refractivity contribution >= 4 is 33.6 Å². The molecule has 0 radical (unpaired) electrons. The Bertz CT molecular complexity index is 1140. The number of rotatable bonds is 2. The summed E-state index contributed by atoms with van der Waals surface area (Å²) in [6, 6.07) is 15.8. The largest absolute Gasteiger partial charge is 0.504 e. The summed E-state index contributed by atoms with van der Waals surface area (Å²) in [5.41, 5.74) is -0.191. The van der Waals surface area contributed by atoms with Crippen molar-refractivity contribution in [1.82, 2.24) is 0 Å². The molecule has 0 unspecified atom stereocenters. The molecule has 1 N–H and O–H groups in total. The van der Waals surface area contributed by atoms with Crippen LogP contribution in [-0.4, -0.2) is 11.3 Å². The zero-order chi connectivity index (χ0) is 18.3. The molecule has 0 aliphatic rings. The Hall–Kier alpha value is -3.28. The number of hydrogen-bond donors (Lipinski definition) is 1. The predicted octanol–water partition coefficient (Wildman–Crippen LogP) is 6.06. The Morgan fingerprint density at radius 3 is 2.58 bits per heavy atom. The lowest BCUT2D eigenvalue weighted by Gasteiger charge is -2.06. The van der Waals surface area contributed by atoms with Gasteiger partial charge in [-0.1, -0.05) is 36.4 Å². The SMILES string of the molecule is Oc1c(C=Nc2cccc(C(F)(F)F)c2)oc2ccc3ccccc3c12. The van der Waals surface area contributed by atoms with Crippen molar-refractivity contribution in [3.8, 4) is 5.75 Å². The van der Waals surface area contributed by atoms with Crippen LogP contribution in [0.15, 0.2) is 70.1 Å². The summed E-state index contributed by atoms with van der Waals surface area (Å²) in [4.78, 5) is 4.01. The van der Waals surface area contributed by atoms with Gasteiger partial charge in [0.2, 0.25) is 0 Å². The minimum absolute atomic E-state index is 0.0903. The summed E-state index contributed by atoms with van der Waals surface area (Å²) in [5.74, 6) is 0.00120. The normalized spacial score (nSPS) is 12.4. The molecule has 1 heterocycles. The van der Waals surface area contributed by atoms with Gasteiger partial charge in [0.05, 0.1) is 22.9 Å². The molecule has 4 aromatic rings. The van der Waals surface area contributed by atoms with E-state index >= 15 is 0 Å². The van der Waals surface area contributed by atoms with Crippen molar-refractivity contribution < 1.29 is 22.7 Å². The Balaban J connectivity index is 1.77. The Morgan fingerprint density at radius 1 is 0.962 bits per heavy atom. The first kappa shape index (κ1) is 16.2. The maximum atomic E-state index is 12.8. The van der Waals surface area contributed by atoms with E-state index in [1.54, 1.807) is 6.07 Å². The Morgan fingerprint density at radius 2 is 1.77 bits per heavy atom. The third-order valence-corrected chi connectivity index (χ3v) is 4.09. The second-order valence-electron chi connectivity index (χ2n) is 5.78. The number of fused-ring (bicyclic) bond motifs is 3. The average Bonchev–Trinajstić information content (AvgIpc) is 2.96. The van der Waals surface area contributed by atoms with E-state index in [0.29, 0.717) is 11.0 Å². The van der Waals surface area contributed by atoms with Crippen LogP contribution in [0.5, 0.6) is 5.75 Å². The van der Waals surface area contributed by atoms with Crippen LogP contribution in [0.4, 0.5) is 18.9 Å².